The maximum atomic E-state index is 12.1. The van der Waals surface area contributed by atoms with Crippen molar-refractivity contribution in [3.8, 4) is 11.5 Å². The normalized spacial score (nSPS) is 21.5. The molecule has 1 heterocycles. The zero-order valence-corrected chi connectivity index (χ0v) is 11.7. The van der Waals surface area contributed by atoms with Crippen molar-refractivity contribution in [1.29, 1.82) is 0 Å². The first-order valence-corrected chi connectivity index (χ1v) is 6.58. The molecule has 0 fully saturated rings. The van der Waals surface area contributed by atoms with E-state index in [1.54, 1.807) is 6.07 Å². The van der Waals surface area contributed by atoms with Gasteiger partial charge in [0.2, 0.25) is 0 Å². The smallest absolute Gasteiger partial charge is 0.170 e. The fraction of sp³-hybridized carbons (Fsp3) is 0.438. The van der Waals surface area contributed by atoms with Crippen molar-refractivity contribution in [2.75, 3.05) is 0 Å². The number of fused-ring (bicyclic) bond motifs is 1. The van der Waals surface area contributed by atoms with Gasteiger partial charge >= 0.3 is 0 Å². The largest absolute Gasteiger partial charge is 0.508 e. The summed E-state index contributed by atoms with van der Waals surface area (Å²) in [5.74, 6) is 0.706. The highest BCUT2D eigenvalue weighted by Crippen LogP contribution is 2.37. The van der Waals surface area contributed by atoms with Crippen LogP contribution >= 0.6 is 0 Å². The molecule has 0 aliphatic carbocycles. The van der Waals surface area contributed by atoms with E-state index in [1.807, 2.05) is 6.92 Å². The summed E-state index contributed by atoms with van der Waals surface area (Å²) in [5, 5.41) is 9.49. The number of ether oxygens (including phenoxy) is 1. The van der Waals surface area contributed by atoms with Gasteiger partial charge in [-0.05, 0) is 45.7 Å². The number of ketones is 1. The van der Waals surface area contributed by atoms with Crippen LogP contribution in [0.3, 0.4) is 0 Å². The highest BCUT2D eigenvalue weighted by atomic mass is 16.5. The summed E-state index contributed by atoms with van der Waals surface area (Å²) in [4.78, 5) is 12.1. The van der Waals surface area contributed by atoms with Crippen LogP contribution in [0.15, 0.2) is 29.8 Å². The lowest BCUT2D eigenvalue weighted by Crippen LogP contribution is -2.38. The van der Waals surface area contributed by atoms with Crippen LogP contribution in [-0.2, 0) is 0 Å². The van der Waals surface area contributed by atoms with E-state index < -0.39 is 5.60 Å². The number of phenolic OH excluding ortho intramolecular Hbond substituents is 1. The summed E-state index contributed by atoms with van der Waals surface area (Å²) in [6.07, 6.45) is 4.22. The van der Waals surface area contributed by atoms with E-state index in [2.05, 4.69) is 19.9 Å². The van der Waals surface area contributed by atoms with Gasteiger partial charge in [-0.15, -0.1) is 0 Å². The Balaban J connectivity index is 2.19. The molecule has 0 unspecified atom stereocenters. The lowest BCUT2D eigenvalue weighted by atomic mass is 9.87. The molecule has 1 atom stereocenters. The number of hydrogen-bond acceptors (Lipinski definition) is 3. The number of phenols is 1. The van der Waals surface area contributed by atoms with Gasteiger partial charge in [0.05, 0.1) is 12.0 Å². The Kier molecular flexibility index (Phi) is 3.65. The maximum absolute atomic E-state index is 12.1. The summed E-state index contributed by atoms with van der Waals surface area (Å²) in [5.41, 5.74) is 1.35. The Hall–Kier alpha value is -1.77. The van der Waals surface area contributed by atoms with Crippen LogP contribution < -0.4 is 4.74 Å². The van der Waals surface area contributed by atoms with Gasteiger partial charge in [-0.25, -0.2) is 0 Å². The molecule has 2 rings (SSSR count). The molecule has 3 heteroatoms. The third kappa shape index (κ3) is 3.16. The van der Waals surface area contributed by atoms with Gasteiger partial charge in [0, 0.05) is 6.07 Å². The Bertz CT molecular complexity index is 527. The molecule has 0 spiro atoms. The molecular weight excluding hydrogens is 240 g/mol. The van der Waals surface area contributed by atoms with Crippen LogP contribution in [0.4, 0.5) is 0 Å². The predicted molar refractivity (Wildman–Crippen MR) is 74.8 cm³/mol. The summed E-state index contributed by atoms with van der Waals surface area (Å²) in [6.45, 7) is 6.07. The lowest BCUT2D eigenvalue weighted by molar-refractivity contribution is 0.0474. The average molecular weight is 260 g/mol. The van der Waals surface area contributed by atoms with E-state index in [-0.39, 0.29) is 11.5 Å². The number of carbonyl (C=O) groups excluding carboxylic acids is 1. The molecule has 0 aromatic heterocycles. The average Bonchev–Trinajstić information content (AvgIpc) is 2.26. The zero-order valence-electron chi connectivity index (χ0n) is 11.7. The van der Waals surface area contributed by atoms with Crippen LogP contribution in [0, 0.1) is 0 Å². The monoisotopic (exact) mass is 260 g/mol. The first-order valence-electron chi connectivity index (χ1n) is 6.58. The van der Waals surface area contributed by atoms with Gasteiger partial charge in [0.1, 0.15) is 17.1 Å². The number of hydrogen-bond donors (Lipinski definition) is 1. The second kappa shape index (κ2) is 5.08. The first-order chi connectivity index (χ1) is 8.89. The number of carbonyl (C=O) groups is 1. The number of Topliss-reactive ketones (excluding diaryl/α,β-unsaturated/α-hetero) is 1. The Labute approximate surface area is 113 Å². The minimum Gasteiger partial charge on any atom is -0.508 e. The highest BCUT2D eigenvalue weighted by molar-refractivity contribution is 6.00. The van der Waals surface area contributed by atoms with Crippen molar-refractivity contribution in [2.45, 2.75) is 45.6 Å². The van der Waals surface area contributed by atoms with Crippen LogP contribution in [0.5, 0.6) is 11.5 Å². The Morgan fingerprint density at radius 1 is 1.47 bits per heavy atom. The van der Waals surface area contributed by atoms with E-state index >= 15 is 0 Å². The second-order valence-electron chi connectivity index (χ2n) is 5.65. The SMILES string of the molecule is CC(C)=CCC[C@@]1(C)CC(=O)c2ccc(O)cc2O1. The Morgan fingerprint density at radius 2 is 2.21 bits per heavy atom. The molecule has 0 radical (unpaired) electrons. The third-order valence-electron chi connectivity index (χ3n) is 3.38. The summed E-state index contributed by atoms with van der Waals surface area (Å²) < 4.78 is 5.94. The molecule has 0 saturated carbocycles. The van der Waals surface area contributed by atoms with Gasteiger partial charge in [-0.3, -0.25) is 4.79 Å². The van der Waals surface area contributed by atoms with Gasteiger partial charge in [0.15, 0.2) is 5.78 Å². The summed E-state index contributed by atoms with van der Waals surface area (Å²) in [7, 11) is 0. The van der Waals surface area contributed by atoms with Gasteiger partial charge in [-0.1, -0.05) is 11.6 Å². The first kappa shape index (κ1) is 13.7. The van der Waals surface area contributed by atoms with Crippen molar-refractivity contribution >= 4 is 5.78 Å². The molecule has 0 amide bonds. The minimum atomic E-state index is -0.482. The molecule has 1 aliphatic rings. The van der Waals surface area contributed by atoms with Crippen LogP contribution in [-0.4, -0.2) is 16.5 Å². The van der Waals surface area contributed by atoms with Crippen molar-refractivity contribution in [1.82, 2.24) is 0 Å². The molecular formula is C16H20O3. The number of rotatable bonds is 3. The van der Waals surface area contributed by atoms with Gasteiger partial charge in [0.25, 0.3) is 0 Å². The minimum absolute atomic E-state index is 0.0842. The summed E-state index contributed by atoms with van der Waals surface area (Å²) >= 11 is 0. The van der Waals surface area contributed by atoms with Crippen molar-refractivity contribution < 1.29 is 14.6 Å². The van der Waals surface area contributed by atoms with Crippen LogP contribution in [0.2, 0.25) is 0 Å². The number of allylic oxidation sites excluding steroid dienone is 2. The zero-order chi connectivity index (χ0) is 14.0. The van der Waals surface area contributed by atoms with Gasteiger partial charge in [-0.2, -0.15) is 0 Å². The van der Waals surface area contributed by atoms with Crippen molar-refractivity contribution in [3.63, 3.8) is 0 Å². The molecule has 19 heavy (non-hydrogen) atoms. The Morgan fingerprint density at radius 3 is 2.89 bits per heavy atom. The molecule has 3 nitrogen and oxygen atoms in total. The fourth-order valence-electron chi connectivity index (χ4n) is 2.37. The van der Waals surface area contributed by atoms with Gasteiger partial charge < -0.3 is 9.84 Å². The molecule has 1 aromatic rings. The predicted octanol–water partition coefficient (Wildman–Crippen LogP) is 3.86. The van der Waals surface area contributed by atoms with Crippen LogP contribution in [0.1, 0.15) is 50.4 Å². The highest BCUT2D eigenvalue weighted by Gasteiger charge is 2.35. The second-order valence-corrected chi connectivity index (χ2v) is 5.65. The van der Waals surface area contributed by atoms with E-state index in [0.717, 1.165) is 12.8 Å². The quantitative estimate of drug-likeness (QED) is 0.839. The number of aromatic hydroxyl groups is 1. The van der Waals surface area contributed by atoms with Crippen molar-refractivity contribution in [3.05, 3.63) is 35.4 Å². The van der Waals surface area contributed by atoms with E-state index in [0.29, 0.717) is 17.7 Å². The molecule has 0 bridgehead atoms. The third-order valence-corrected chi connectivity index (χ3v) is 3.38. The van der Waals surface area contributed by atoms with Crippen LogP contribution in [0.25, 0.3) is 0 Å². The van der Waals surface area contributed by atoms with Crippen molar-refractivity contribution in [2.24, 2.45) is 0 Å². The fourth-order valence-corrected chi connectivity index (χ4v) is 2.37. The molecule has 1 N–H and O–H groups in total. The van der Waals surface area contributed by atoms with E-state index in [1.165, 1.54) is 17.7 Å². The maximum Gasteiger partial charge on any atom is 0.170 e. The molecule has 102 valence electrons. The lowest BCUT2D eigenvalue weighted by Gasteiger charge is -2.34. The molecule has 1 aromatic carbocycles. The topological polar surface area (TPSA) is 46.5 Å². The number of benzene rings is 1. The molecule has 0 saturated heterocycles. The molecule has 1 aliphatic heterocycles. The van der Waals surface area contributed by atoms with E-state index in [4.69, 9.17) is 4.74 Å². The standard InChI is InChI=1S/C16H20O3/c1-11(2)5-4-8-16(3)10-14(18)13-7-6-12(17)9-15(13)19-16/h5-7,9,17H,4,8,10H2,1-3H3/t16-/m0/s1. The summed E-state index contributed by atoms with van der Waals surface area (Å²) in [6, 6.07) is 4.67. The van der Waals surface area contributed by atoms with E-state index in [9.17, 15) is 9.90 Å².